The second-order valence-electron chi connectivity index (χ2n) is 3.64. The minimum absolute atomic E-state index is 0.0822. The van der Waals surface area contributed by atoms with Crippen molar-refractivity contribution in [1.29, 1.82) is 0 Å². The maximum Gasteiger partial charge on any atom is 0.398 e. The molecule has 0 amide bonds. The minimum atomic E-state index is -4.34. The van der Waals surface area contributed by atoms with Crippen molar-refractivity contribution in [1.82, 2.24) is 0 Å². The SMILES string of the molecule is COc1ccc(CC(=O)SCC(F)(F)F)cc1OC. The van der Waals surface area contributed by atoms with Gasteiger partial charge in [-0.25, -0.2) is 0 Å². The zero-order valence-electron chi connectivity index (χ0n) is 10.4. The Bertz CT molecular complexity index is 446. The second kappa shape index (κ2) is 6.70. The molecule has 0 fully saturated rings. The molecule has 0 spiro atoms. The number of hydrogen-bond acceptors (Lipinski definition) is 4. The van der Waals surface area contributed by atoms with Gasteiger partial charge in [-0.2, -0.15) is 13.2 Å². The lowest BCUT2D eigenvalue weighted by molar-refractivity contribution is -0.113. The highest BCUT2D eigenvalue weighted by Gasteiger charge is 2.28. The first kappa shape index (κ1) is 15.7. The lowest BCUT2D eigenvalue weighted by Crippen LogP contribution is -2.13. The van der Waals surface area contributed by atoms with E-state index in [1.165, 1.54) is 14.2 Å². The number of rotatable bonds is 5. The van der Waals surface area contributed by atoms with E-state index in [4.69, 9.17) is 9.47 Å². The van der Waals surface area contributed by atoms with Gasteiger partial charge < -0.3 is 9.47 Å². The highest BCUT2D eigenvalue weighted by atomic mass is 32.2. The van der Waals surface area contributed by atoms with E-state index in [0.717, 1.165) is 0 Å². The summed E-state index contributed by atoms with van der Waals surface area (Å²) in [5, 5.41) is -0.537. The summed E-state index contributed by atoms with van der Waals surface area (Å²) in [6.07, 6.45) is -4.42. The Labute approximate surface area is 113 Å². The zero-order chi connectivity index (χ0) is 14.5. The van der Waals surface area contributed by atoms with Crippen molar-refractivity contribution in [2.75, 3.05) is 20.0 Å². The summed E-state index contributed by atoms with van der Waals surface area (Å²) in [6, 6.07) is 4.80. The monoisotopic (exact) mass is 294 g/mol. The highest BCUT2D eigenvalue weighted by molar-refractivity contribution is 8.13. The number of halogens is 3. The molecule has 0 N–H and O–H groups in total. The van der Waals surface area contributed by atoms with E-state index in [-0.39, 0.29) is 18.2 Å². The Balaban J connectivity index is 2.64. The summed E-state index contributed by atoms with van der Waals surface area (Å²) >= 11 is 0.266. The summed E-state index contributed by atoms with van der Waals surface area (Å²) in [4.78, 5) is 11.4. The molecule has 0 unspecified atom stereocenters. The highest BCUT2D eigenvalue weighted by Crippen LogP contribution is 2.29. The van der Waals surface area contributed by atoms with Gasteiger partial charge in [-0.05, 0) is 17.7 Å². The van der Waals surface area contributed by atoms with Gasteiger partial charge >= 0.3 is 6.18 Å². The molecule has 106 valence electrons. The van der Waals surface area contributed by atoms with Gasteiger partial charge in [0.05, 0.1) is 20.0 Å². The summed E-state index contributed by atoms with van der Waals surface area (Å²) in [5.41, 5.74) is 0.581. The van der Waals surface area contributed by atoms with Gasteiger partial charge in [0.25, 0.3) is 0 Å². The van der Waals surface area contributed by atoms with E-state index < -0.39 is 17.0 Å². The van der Waals surface area contributed by atoms with E-state index >= 15 is 0 Å². The van der Waals surface area contributed by atoms with Crippen LogP contribution in [0.3, 0.4) is 0 Å². The molecule has 0 bridgehead atoms. The van der Waals surface area contributed by atoms with Crippen molar-refractivity contribution in [2.24, 2.45) is 0 Å². The Morgan fingerprint density at radius 2 is 1.84 bits per heavy atom. The molecule has 1 rings (SSSR count). The van der Waals surface area contributed by atoms with Crippen LogP contribution in [0.25, 0.3) is 0 Å². The van der Waals surface area contributed by atoms with Crippen LogP contribution in [0.4, 0.5) is 13.2 Å². The van der Waals surface area contributed by atoms with Crippen molar-refractivity contribution >= 4 is 16.9 Å². The van der Waals surface area contributed by atoms with Crippen LogP contribution < -0.4 is 9.47 Å². The number of methoxy groups -OCH3 is 2. The van der Waals surface area contributed by atoms with Gasteiger partial charge in [0.1, 0.15) is 0 Å². The van der Waals surface area contributed by atoms with Crippen molar-refractivity contribution in [3.05, 3.63) is 23.8 Å². The van der Waals surface area contributed by atoms with Crippen molar-refractivity contribution in [3.8, 4) is 11.5 Å². The zero-order valence-corrected chi connectivity index (χ0v) is 11.2. The lowest BCUT2D eigenvalue weighted by Gasteiger charge is -2.09. The molecular formula is C12H13F3O3S. The topological polar surface area (TPSA) is 35.5 Å². The van der Waals surface area contributed by atoms with Gasteiger partial charge in [-0.3, -0.25) is 4.79 Å². The third kappa shape index (κ3) is 5.42. The molecule has 0 saturated carbocycles. The summed E-state index contributed by atoms with van der Waals surface area (Å²) in [6.45, 7) is 0. The summed E-state index contributed by atoms with van der Waals surface area (Å²) in [5.74, 6) is -0.227. The summed E-state index contributed by atoms with van der Waals surface area (Å²) < 4.78 is 46.0. The van der Waals surface area contributed by atoms with Gasteiger partial charge in [0, 0.05) is 6.42 Å². The molecule has 0 aromatic heterocycles. The predicted molar refractivity (Wildman–Crippen MR) is 66.8 cm³/mol. The molecule has 1 aromatic carbocycles. The van der Waals surface area contributed by atoms with Gasteiger partial charge in [0.15, 0.2) is 16.6 Å². The fraction of sp³-hybridized carbons (Fsp3) is 0.417. The molecule has 19 heavy (non-hydrogen) atoms. The number of ether oxygens (including phenoxy) is 2. The standard InChI is InChI=1S/C12H13F3O3S/c1-17-9-4-3-8(5-10(9)18-2)6-11(16)19-7-12(13,14)15/h3-5H,6-7H2,1-2H3. The Hall–Kier alpha value is -1.37. The van der Waals surface area contributed by atoms with Crippen molar-refractivity contribution < 1.29 is 27.4 Å². The third-order valence-electron chi connectivity index (χ3n) is 2.19. The molecule has 0 heterocycles. The van der Waals surface area contributed by atoms with Crippen LogP contribution in [0.2, 0.25) is 0 Å². The van der Waals surface area contributed by atoms with Crippen LogP contribution in [-0.2, 0) is 11.2 Å². The van der Waals surface area contributed by atoms with Crippen molar-refractivity contribution in [3.63, 3.8) is 0 Å². The predicted octanol–water partition coefficient (Wildman–Crippen LogP) is 3.07. The molecule has 0 aliphatic carbocycles. The Morgan fingerprint density at radius 1 is 1.21 bits per heavy atom. The number of hydrogen-bond donors (Lipinski definition) is 0. The average Bonchev–Trinajstić information content (AvgIpc) is 2.35. The molecule has 0 saturated heterocycles. The molecule has 0 radical (unpaired) electrons. The van der Waals surface area contributed by atoms with E-state index in [1.54, 1.807) is 18.2 Å². The number of alkyl halides is 3. The Morgan fingerprint density at radius 3 is 2.37 bits per heavy atom. The first-order chi connectivity index (χ1) is 8.85. The first-order valence-electron chi connectivity index (χ1n) is 5.29. The van der Waals surface area contributed by atoms with Crippen molar-refractivity contribution in [2.45, 2.75) is 12.6 Å². The molecule has 0 atom stereocenters. The maximum absolute atomic E-state index is 12.0. The fourth-order valence-corrected chi connectivity index (χ4v) is 1.96. The van der Waals surface area contributed by atoms with Gasteiger partial charge in [-0.1, -0.05) is 17.8 Å². The van der Waals surface area contributed by atoms with Crippen LogP contribution in [0.1, 0.15) is 5.56 Å². The number of benzene rings is 1. The largest absolute Gasteiger partial charge is 0.493 e. The molecule has 7 heteroatoms. The molecule has 0 aliphatic rings. The van der Waals surface area contributed by atoms with Crippen LogP contribution in [0.5, 0.6) is 11.5 Å². The van der Waals surface area contributed by atoms with Crippen LogP contribution >= 0.6 is 11.8 Å². The first-order valence-corrected chi connectivity index (χ1v) is 6.27. The molecule has 0 aliphatic heterocycles. The Kier molecular flexibility index (Phi) is 5.53. The minimum Gasteiger partial charge on any atom is -0.493 e. The smallest absolute Gasteiger partial charge is 0.398 e. The van der Waals surface area contributed by atoms with Crippen LogP contribution in [-0.4, -0.2) is 31.3 Å². The average molecular weight is 294 g/mol. The van der Waals surface area contributed by atoms with Gasteiger partial charge in [-0.15, -0.1) is 0 Å². The lowest BCUT2D eigenvalue weighted by atomic mass is 10.1. The normalized spacial score (nSPS) is 11.2. The number of thioether (sulfide) groups is 1. The van der Waals surface area contributed by atoms with E-state index in [0.29, 0.717) is 17.1 Å². The molecule has 1 aromatic rings. The quantitative estimate of drug-likeness (QED) is 0.836. The van der Waals surface area contributed by atoms with Crippen LogP contribution in [0.15, 0.2) is 18.2 Å². The summed E-state index contributed by atoms with van der Waals surface area (Å²) in [7, 11) is 2.92. The maximum atomic E-state index is 12.0. The second-order valence-corrected chi connectivity index (χ2v) is 4.67. The van der Waals surface area contributed by atoms with Gasteiger partial charge in [0.2, 0.25) is 0 Å². The third-order valence-corrected chi connectivity index (χ3v) is 3.13. The van der Waals surface area contributed by atoms with E-state index in [1.807, 2.05) is 0 Å². The van der Waals surface area contributed by atoms with E-state index in [9.17, 15) is 18.0 Å². The number of carbonyl (C=O) groups is 1. The molecular weight excluding hydrogens is 281 g/mol. The fourth-order valence-electron chi connectivity index (χ4n) is 1.37. The van der Waals surface area contributed by atoms with Crippen LogP contribution in [0, 0.1) is 0 Å². The molecule has 3 nitrogen and oxygen atoms in total. The van der Waals surface area contributed by atoms with E-state index in [2.05, 4.69) is 0 Å². The number of carbonyl (C=O) groups excluding carboxylic acids is 1.